The van der Waals surface area contributed by atoms with E-state index in [9.17, 15) is 24.2 Å². The quantitative estimate of drug-likeness (QED) is 0.0269. The molecule has 302 valence electrons. The number of rotatable bonds is 39. The zero-order valence-corrected chi connectivity index (χ0v) is 33.4. The largest absolute Gasteiger partial charge is 0.756 e. The molecule has 0 saturated heterocycles. The van der Waals surface area contributed by atoms with Crippen LogP contribution < -0.4 is 4.89 Å². The smallest absolute Gasteiger partial charge is 0.310 e. The minimum Gasteiger partial charge on any atom is -0.756 e. The lowest BCUT2D eigenvalue weighted by molar-refractivity contribution is -0.230. The van der Waals surface area contributed by atoms with Gasteiger partial charge in [-0.15, -0.1) is 0 Å². The van der Waals surface area contributed by atoms with Crippen LogP contribution in [0.5, 0.6) is 0 Å². The summed E-state index contributed by atoms with van der Waals surface area (Å²) in [5.74, 6) is -1.05. The van der Waals surface area contributed by atoms with E-state index in [0.29, 0.717) is 6.42 Å². The number of esters is 2. The number of phosphoric ester groups is 1. The molecule has 51 heavy (non-hydrogen) atoms. The van der Waals surface area contributed by atoms with E-state index < -0.39 is 51.8 Å². The Kier molecular flexibility index (Phi) is 36.1. The molecular formula is C40H76O10P-. The number of aliphatic hydroxyl groups is 2. The molecule has 0 rings (SSSR count). The lowest BCUT2D eigenvalue weighted by atomic mass is 10.0. The number of aliphatic hydroxyl groups excluding tert-OH is 2. The van der Waals surface area contributed by atoms with Gasteiger partial charge in [0.1, 0.15) is 12.7 Å². The zero-order valence-electron chi connectivity index (χ0n) is 32.5. The molecule has 0 saturated carbocycles. The molecule has 0 heterocycles. The van der Waals surface area contributed by atoms with Crippen molar-refractivity contribution >= 4 is 19.8 Å². The van der Waals surface area contributed by atoms with Crippen LogP contribution in [-0.4, -0.2) is 60.8 Å². The Morgan fingerprint density at radius 3 is 1.51 bits per heavy atom. The van der Waals surface area contributed by atoms with Gasteiger partial charge in [0.05, 0.1) is 26.2 Å². The lowest BCUT2D eigenvalue weighted by Crippen LogP contribution is -2.30. The fourth-order valence-corrected chi connectivity index (χ4v) is 6.52. The first-order valence-corrected chi connectivity index (χ1v) is 22.1. The van der Waals surface area contributed by atoms with E-state index in [1.807, 2.05) is 6.08 Å². The number of ether oxygens (including phenoxy) is 2. The number of carbonyl (C=O) groups is 2. The van der Waals surface area contributed by atoms with Crippen LogP contribution in [-0.2, 0) is 32.7 Å². The summed E-state index contributed by atoms with van der Waals surface area (Å²) in [6.07, 6.45) is 33.2. The topological polar surface area (TPSA) is 152 Å². The van der Waals surface area contributed by atoms with Gasteiger partial charge in [-0.25, -0.2) is 0 Å². The summed E-state index contributed by atoms with van der Waals surface area (Å²) in [4.78, 5) is 37.0. The Morgan fingerprint density at radius 2 is 1.04 bits per heavy atom. The van der Waals surface area contributed by atoms with Crippen LogP contribution in [0.15, 0.2) is 12.2 Å². The fourth-order valence-electron chi connectivity index (χ4n) is 5.74. The third-order valence-corrected chi connectivity index (χ3v) is 9.87. The van der Waals surface area contributed by atoms with Crippen LogP contribution in [0.2, 0.25) is 0 Å². The van der Waals surface area contributed by atoms with Crippen molar-refractivity contribution in [3.8, 4) is 0 Å². The van der Waals surface area contributed by atoms with Crippen LogP contribution in [0.3, 0.4) is 0 Å². The average Bonchev–Trinajstić information content (AvgIpc) is 3.12. The molecule has 0 fully saturated rings. The predicted octanol–water partition coefficient (Wildman–Crippen LogP) is 9.81. The van der Waals surface area contributed by atoms with Gasteiger partial charge in [0.15, 0.2) is 6.10 Å². The first-order valence-electron chi connectivity index (χ1n) is 20.6. The summed E-state index contributed by atoms with van der Waals surface area (Å²) in [5.41, 5.74) is 0. The van der Waals surface area contributed by atoms with E-state index in [1.54, 1.807) is 6.08 Å². The van der Waals surface area contributed by atoms with Gasteiger partial charge in [0.2, 0.25) is 0 Å². The summed E-state index contributed by atoms with van der Waals surface area (Å²) in [6.45, 7) is 2.15. The number of allylic oxidation sites excluding steroid dienone is 1. The van der Waals surface area contributed by atoms with Gasteiger partial charge in [0, 0.05) is 6.42 Å². The summed E-state index contributed by atoms with van der Waals surface area (Å²) < 4.78 is 32.2. The van der Waals surface area contributed by atoms with Crippen molar-refractivity contribution in [1.29, 1.82) is 0 Å². The highest BCUT2D eigenvalue weighted by Crippen LogP contribution is 2.38. The highest BCUT2D eigenvalue weighted by Gasteiger charge is 2.21. The van der Waals surface area contributed by atoms with Crippen LogP contribution in [0.1, 0.15) is 194 Å². The molecule has 0 amide bonds. The van der Waals surface area contributed by atoms with E-state index in [2.05, 4.69) is 18.4 Å². The Balaban J connectivity index is 4.34. The monoisotopic (exact) mass is 748 g/mol. The number of hydrogen-bond acceptors (Lipinski definition) is 10. The van der Waals surface area contributed by atoms with Crippen molar-refractivity contribution in [3.05, 3.63) is 12.2 Å². The molecule has 0 aliphatic heterocycles. The van der Waals surface area contributed by atoms with Gasteiger partial charge in [-0.3, -0.25) is 14.2 Å². The molecule has 11 heteroatoms. The highest BCUT2D eigenvalue weighted by molar-refractivity contribution is 7.45. The van der Waals surface area contributed by atoms with Crippen molar-refractivity contribution < 1.29 is 47.8 Å². The minimum absolute atomic E-state index is 0.00441. The Labute approximate surface area is 311 Å². The van der Waals surface area contributed by atoms with Crippen molar-refractivity contribution in [2.45, 2.75) is 206 Å². The lowest BCUT2D eigenvalue weighted by Gasteiger charge is -2.26. The zero-order chi connectivity index (χ0) is 37.7. The third kappa shape index (κ3) is 36.8. The molecule has 0 aromatic carbocycles. The van der Waals surface area contributed by atoms with Crippen LogP contribution >= 0.6 is 7.82 Å². The molecule has 2 N–H and O–H groups in total. The summed E-state index contributed by atoms with van der Waals surface area (Å²) in [7, 11) is -4.87. The van der Waals surface area contributed by atoms with E-state index >= 15 is 0 Å². The van der Waals surface area contributed by atoms with Gasteiger partial charge >= 0.3 is 11.9 Å². The Hall–Kier alpha value is -1.29. The maximum Gasteiger partial charge on any atom is 0.310 e. The number of phosphoric acid groups is 1. The van der Waals surface area contributed by atoms with Gasteiger partial charge in [-0.1, -0.05) is 174 Å². The Morgan fingerprint density at radius 1 is 0.608 bits per heavy atom. The highest BCUT2D eigenvalue weighted by atomic mass is 31.2. The molecular weight excluding hydrogens is 671 g/mol. The van der Waals surface area contributed by atoms with E-state index in [4.69, 9.17) is 19.1 Å². The predicted molar refractivity (Wildman–Crippen MR) is 203 cm³/mol. The molecule has 0 aliphatic rings. The number of hydrogen-bond donors (Lipinski definition) is 2. The molecule has 1 unspecified atom stereocenters. The summed E-state index contributed by atoms with van der Waals surface area (Å²) >= 11 is 0. The van der Waals surface area contributed by atoms with Crippen molar-refractivity contribution in [2.24, 2.45) is 0 Å². The first-order chi connectivity index (χ1) is 24.7. The second-order valence-corrected chi connectivity index (χ2v) is 15.4. The van der Waals surface area contributed by atoms with Gasteiger partial charge in [-0.05, 0) is 19.3 Å². The fraction of sp³-hybridized carbons (Fsp3) is 0.900. The molecule has 3 atom stereocenters. The molecule has 0 aromatic rings. The molecule has 0 bridgehead atoms. The van der Waals surface area contributed by atoms with Crippen LogP contribution in [0.25, 0.3) is 0 Å². The van der Waals surface area contributed by atoms with Gasteiger partial charge in [0.25, 0.3) is 7.82 Å². The van der Waals surface area contributed by atoms with E-state index in [1.165, 1.54) is 122 Å². The van der Waals surface area contributed by atoms with Crippen molar-refractivity contribution in [3.63, 3.8) is 0 Å². The second kappa shape index (κ2) is 37.0. The van der Waals surface area contributed by atoms with Crippen LogP contribution in [0, 0.1) is 0 Å². The van der Waals surface area contributed by atoms with Gasteiger partial charge < -0.3 is 33.6 Å². The SMILES string of the molecule is CCCCCCCCCCCC/C=C/CC(=O)O[C@H](COC(=O)CCCCCCCCCCCCCCCCC)COP(=O)([O-])OC[C@@H](O)CO. The van der Waals surface area contributed by atoms with Crippen LogP contribution in [0.4, 0.5) is 0 Å². The third-order valence-electron chi connectivity index (χ3n) is 8.94. The molecule has 0 aliphatic carbocycles. The van der Waals surface area contributed by atoms with Crippen molar-refractivity contribution in [2.75, 3.05) is 26.4 Å². The molecule has 0 spiro atoms. The van der Waals surface area contributed by atoms with Gasteiger partial charge in [-0.2, -0.15) is 0 Å². The van der Waals surface area contributed by atoms with E-state index in [0.717, 1.165) is 38.5 Å². The molecule has 0 radical (unpaired) electrons. The standard InChI is InChI=1S/C40H77O10P/c1-3-5-7-9-11-13-15-17-18-20-21-23-25-27-29-31-39(43)47-35-38(36-49-51(45,46)48-34-37(42)33-41)50-40(44)32-30-28-26-24-22-19-16-14-12-10-8-6-4-2/h28,30,37-38,41-42H,3-27,29,31-36H2,1-2H3,(H,45,46)/p-1/b30-28+/t37-,38+/m0/s1. The summed E-state index contributed by atoms with van der Waals surface area (Å²) in [5, 5.41) is 18.2. The Bertz CT molecular complexity index is 868. The maximum atomic E-state index is 12.5. The molecule has 0 aromatic heterocycles. The minimum atomic E-state index is -4.87. The maximum absolute atomic E-state index is 12.5. The summed E-state index contributed by atoms with van der Waals surface area (Å²) in [6, 6.07) is 0. The normalized spacial score (nSPS) is 14.1. The average molecular weight is 748 g/mol. The second-order valence-electron chi connectivity index (χ2n) is 14.0. The van der Waals surface area contributed by atoms with Crippen molar-refractivity contribution in [1.82, 2.24) is 0 Å². The first kappa shape index (κ1) is 49.7. The number of carbonyl (C=O) groups excluding carboxylic acids is 2. The van der Waals surface area contributed by atoms with E-state index in [-0.39, 0.29) is 19.4 Å². The molecule has 10 nitrogen and oxygen atoms in total. The number of unbranched alkanes of at least 4 members (excludes halogenated alkanes) is 24.